The molecule has 0 atom stereocenters. The summed E-state index contributed by atoms with van der Waals surface area (Å²) in [6.07, 6.45) is 0. The number of hydrogen-bond acceptors (Lipinski definition) is 6. The first-order chi connectivity index (χ1) is 13.1. The lowest BCUT2D eigenvalue weighted by Gasteiger charge is -2.13. The van der Waals surface area contributed by atoms with Crippen molar-refractivity contribution < 1.29 is 9.15 Å². The van der Waals surface area contributed by atoms with Gasteiger partial charge in [0.1, 0.15) is 17.1 Å². The van der Waals surface area contributed by atoms with E-state index < -0.39 is 0 Å². The maximum absolute atomic E-state index is 12.7. The Hall–Kier alpha value is -3.48. The zero-order valence-corrected chi connectivity index (χ0v) is 15.0. The van der Waals surface area contributed by atoms with Gasteiger partial charge >= 0.3 is 0 Å². The molecule has 0 aliphatic carbocycles. The molecule has 0 aliphatic rings. The number of benzene rings is 2. The van der Waals surface area contributed by atoms with Gasteiger partial charge in [-0.3, -0.25) is 4.79 Å². The molecule has 0 unspecified atom stereocenters. The molecule has 1 N–H and O–H groups in total. The number of aromatic nitrogens is 4. The van der Waals surface area contributed by atoms with Gasteiger partial charge in [0.2, 0.25) is 0 Å². The van der Waals surface area contributed by atoms with Crippen LogP contribution in [-0.4, -0.2) is 27.2 Å². The van der Waals surface area contributed by atoms with E-state index in [9.17, 15) is 4.79 Å². The van der Waals surface area contributed by atoms with Gasteiger partial charge in [-0.25, -0.2) is 5.10 Å². The number of rotatable bonds is 5. The molecule has 0 spiro atoms. The fourth-order valence-electron chi connectivity index (χ4n) is 2.77. The molecule has 27 heavy (non-hydrogen) atoms. The van der Waals surface area contributed by atoms with Crippen LogP contribution < -0.4 is 10.2 Å². The van der Waals surface area contributed by atoms with Crippen molar-refractivity contribution in [1.82, 2.24) is 20.6 Å². The van der Waals surface area contributed by atoms with Crippen molar-refractivity contribution in [2.75, 3.05) is 6.61 Å². The Morgan fingerprint density at radius 2 is 2.00 bits per heavy atom. The summed E-state index contributed by atoms with van der Waals surface area (Å²) in [5, 5.41) is 14.1. The van der Waals surface area contributed by atoms with Crippen molar-refractivity contribution in [3.05, 3.63) is 58.8 Å². The molecule has 7 heteroatoms. The highest BCUT2D eigenvalue weighted by Crippen LogP contribution is 2.31. The first-order valence-corrected chi connectivity index (χ1v) is 8.66. The van der Waals surface area contributed by atoms with Crippen LogP contribution in [0.2, 0.25) is 0 Å². The third-order valence-corrected chi connectivity index (χ3v) is 4.07. The van der Waals surface area contributed by atoms with Crippen LogP contribution in [0.25, 0.3) is 33.7 Å². The van der Waals surface area contributed by atoms with Crippen LogP contribution in [-0.2, 0) is 0 Å². The first-order valence-electron chi connectivity index (χ1n) is 8.66. The number of tetrazole rings is 1. The third-order valence-electron chi connectivity index (χ3n) is 4.07. The van der Waals surface area contributed by atoms with Gasteiger partial charge in [0.15, 0.2) is 11.3 Å². The lowest BCUT2D eigenvalue weighted by atomic mass is 10.1. The number of nitrogens with one attached hydrogen (secondary N) is 1. The predicted octanol–water partition coefficient (Wildman–Crippen LogP) is 3.67. The molecular weight excluding hydrogens is 344 g/mol. The number of nitrogens with zero attached hydrogens (tertiary/aromatic N) is 3. The predicted molar refractivity (Wildman–Crippen MR) is 101 cm³/mol. The Balaban J connectivity index is 1.78. The minimum absolute atomic E-state index is 0.140. The van der Waals surface area contributed by atoms with Crippen LogP contribution in [0, 0.1) is 5.92 Å². The summed E-state index contributed by atoms with van der Waals surface area (Å²) in [5.74, 6) is 2.05. The summed E-state index contributed by atoms with van der Waals surface area (Å²) < 4.78 is 11.9. The average Bonchev–Trinajstić information content (AvgIpc) is 3.21. The average molecular weight is 362 g/mol. The summed E-state index contributed by atoms with van der Waals surface area (Å²) in [6, 6.07) is 14.3. The number of ether oxygens (including phenoxy) is 1. The van der Waals surface area contributed by atoms with Gasteiger partial charge in [0.05, 0.1) is 17.6 Å². The van der Waals surface area contributed by atoms with Crippen LogP contribution in [0.5, 0.6) is 5.75 Å². The third kappa shape index (κ3) is 3.44. The molecule has 136 valence electrons. The van der Waals surface area contributed by atoms with Crippen molar-refractivity contribution in [2.45, 2.75) is 13.8 Å². The zero-order chi connectivity index (χ0) is 18.8. The number of aromatic amines is 1. The zero-order valence-electron chi connectivity index (χ0n) is 15.0. The highest BCUT2D eigenvalue weighted by atomic mass is 16.5. The SMILES string of the molecule is CC(C)COc1ccccc1-c1cc(=O)c2cc(-c3nnn[nH]3)ccc2o1. The Morgan fingerprint density at radius 1 is 1.15 bits per heavy atom. The van der Waals surface area contributed by atoms with Crippen LogP contribution in [0.15, 0.2) is 57.7 Å². The van der Waals surface area contributed by atoms with Crippen LogP contribution >= 0.6 is 0 Å². The van der Waals surface area contributed by atoms with Gasteiger partial charge in [0.25, 0.3) is 0 Å². The van der Waals surface area contributed by atoms with Crippen LogP contribution in [0.1, 0.15) is 13.8 Å². The maximum Gasteiger partial charge on any atom is 0.193 e. The summed E-state index contributed by atoms with van der Waals surface area (Å²) >= 11 is 0. The van der Waals surface area contributed by atoms with E-state index in [2.05, 4.69) is 34.5 Å². The van der Waals surface area contributed by atoms with Crippen molar-refractivity contribution in [3.63, 3.8) is 0 Å². The lowest BCUT2D eigenvalue weighted by Crippen LogP contribution is -2.06. The van der Waals surface area contributed by atoms with Crippen molar-refractivity contribution in [1.29, 1.82) is 0 Å². The molecule has 0 radical (unpaired) electrons. The van der Waals surface area contributed by atoms with E-state index >= 15 is 0 Å². The van der Waals surface area contributed by atoms with E-state index in [-0.39, 0.29) is 5.43 Å². The van der Waals surface area contributed by atoms with E-state index in [4.69, 9.17) is 9.15 Å². The van der Waals surface area contributed by atoms with Gasteiger partial charge < -0.3 is 9.15 Å². The molecule has 2 heterocycles. The Kier molecular flexibility index (Phi) is 4.42. The van der Waals surface area contributed by atoms with Crippen molar-refractivity contribution in [3.8, 4) is 28.5 Å². The second-order valence-corrected chi connectivity index (χ2v) is 6.64. The molecule has 2 aromatic heterocycles. The smallest absolute Gasteiger partial charge is 0.193 e. The van der Waals surface area contributed by atoms with E-state index in [1.807, 2.05) is 24.3 Å². The van der Waals surface area contributed by atoms with Crippen molar-refractivity contribution in [2.24, 2.45) is 5.92 Å². The maximum atomic E-state index is 12.7. The minimum Gasteiger partial charge on any atom is -0.493 e. The molecule has 0 fully saturated rings. The van der Waals surface area contributed by atoms with E-state index in [0.717, 1.165) is 5.56 Å². The Labute approximate surface area is 155 Å². The summed E-state index contributed by atoms with van der Waals surface area (Å²) in [7, 11) is 0. The number of H-pyrrole nitrogens is 1. The largest absolute Gasteiger partial charge is 0.493 e. The number of hydrogen-bond donors (Lipinski definition) is 1. The standard InChI is InChI=1S/C20H18N4O3/c1-12(2)11-26-17-6-4-3-5-14(17)19-10-16(25)15-9-13(7-8-18(15)27-19)20-21-23-24-22-20/h3-10,12H,11H2,1-2H3,(H,21,22,23,24). The van der Waals surface area contributed by atoms with Crippen molar-refractivity contribution >= 4 is 11.0 Å². The second-order valence-electron chi connectivity index (χ2n) is 6.64. The van der Waals surface area contributed by atoms with Gasteiger partial charge in [-0.1, -0.05) is 26.0 Å². The topological polar surface area (TPSA) is 93.9 Å². The number of fused-ring (bicyclic) bond motifs is 1. The summed E-state index contributed by atoms with van der Waals surface area (Å²) in [4.78, 5) is 12.7. The van der Waals surface area contributed by atoms with Gasteiger partial charge in [-0.2, -0.15) is 0 Å². The van der Waals surface area contributed by atoms with Gasteiger partial charge in [-0.15, -0.1) is 5.10 Å². The molecule has 0 aliphatic heterocycles. The minimum atomic E-state index is -0.140. The number of para-hydroxylation sites is 1. The van der Waals surface area contributed by atoms with Crippen LogP contribution in [0.3, 0.4) is 0 Å². The highest BCUT2D eigenvalue weighted by molar-refractivity contribution is 5.83. The normalized spacial score (nSPS) is 11.2. The Bertz CT molecular complexity index is 1130. The highest BCUT2D eigenvalue weighted by Gasteiger charge is 2.13. The molecular formula is C20H18N4O3. The van der Waals surface area contributed by atoms with Gasteiger partial charge in [0, 0.05) is 11.6 Å². The van der Waals surface area contributed by atoms with Crippen LogP contribution in [0.4, 0.5) is 0 Å². The van der Waals surface area contributed by atoms with E-state index in [0.29, 0.717) is 46.4 Å². The molecule has 0 amide bonds. The fourth-order valence-corrected chi connectivity index (χ4v) is 2.77. The van der Waals surface area contributed by atoms with E-state index in [1.165, 1.54) is 6.07 Å². The second kappa shape index (κ2) is 7.03. The quantitative estimate of drug-likeness (QED) is 0.582. The lowest BCUT2D eigenvalue weighted by molar-refractivity contribution is 0.271. The molecule has 0 bridgehead atoms. The molecule has 4 aromatic rings. The molecule has 2 aromatic carbocycles. The Morgan fingerprint density at radius 3 is 2.78 bits per heavy atom. The summed E-state index contributed by atoms with van der Waals surface area (Å²) in [6.45, 7) is 4.75. The molecule has 0 saturated carbocycles. The summed E-state index contributed by atoms with van der Waals surface area (Å²) in [5.41, 5.74) is 1.82. The van der Waals surface area contributed by atoms with E-state index in [1.54, 1.807) is 18.2 Å². The fraction of sp³-hybridized carbons (Fsp3) is 0.200. The molecule has 7 nitrogen and oxygen atoms in total. The molecule has 4 rings (SSSR count). The first kappa shape index (κ1) is 17.0. The van der Waals surface area contributed by atoms with Gasteiger partial charge in [-0.05, 0) is 46.7 Å². The monoisotopic (exact) mass is 362 g/mol. The molecule has 0 saturated heterocycles.